The molecule has 8 heteroatoms. The molecule has 1 aromatic carbocycles. The molecular weight excluding hydrogens is 422 g/mol. The van der Waals surface area contributed by atoms with Gasteiger partial charge in [0.15, 0.2) is 4.77 Å². The molecule has 2 aliphatic rings. The Kier molecular flexibility index (Phi) is 5.32. The summed E-state index contributed by atoms with van der Waals surface area (Å²) in [5, 5.41) is 6.85. The van der Waals surface area contributed by atoms with Gasteiger partial charge in [0.1, 0.15) is 5.82 Å². The normalized spacial score (nSPS) is 18.5. The molecule has 5 rings (SSSR count). The highest BCUT2D eigenvalue weighted by Crippen LogP contribution is 2.39. The van der Waals surface area contributed by atoms with Gasteiger partial charge in [0.25, 0.3) is 0 Å². The highest BCUT2D eigenvalue weighted by molar-refractivity contribution is 7.71. The standard InChI is InChI=1S/C21H24ClN5S2/c1-2-9-26-19(14-3-4-14)24-27(21(26)28)13-25-10-7-15(8-11-25)20-23-17-12-16(22)5-6-18(17)29-20/h2,5-6,12,14-15H,1,3-4,7-11,13H2. The largest absolute Gasteiger partial charge is 0.300 e. The molecule has 29 heavy (non-hydrogen) atoms. The number of hydrogen-bond acceptors (Lipinski definition) is 5. The second-order valence-corrected chi connectivity index (χ2v) is 9.88. The van der Waals surface area contributed by atoms with E-state index in [4.69, 9.17) is 33.9 Å². The minimum atomic E-state index is 0.524. The molecule has 0 atom stereocenters. The van der Waals surface area contributed by atoms with Crippen LogP contribution in [0.4, 0.5) is 0 Å². The average Bonchev–Trinajstić information content (AvgIpc) is 3.41. The summed E-state index contributed by atoms with van der Waals surface area (Å²) in [5.74, 6) is 2.24. The maximum absolute atomic E-state index is 6.11. The monoisotopic (exact) mass is 445 g/mol. The van der Waals surface area contributed by atoms with E-state index >= 15 is 0 Å². The summed E-state index contributed by atoms with van der Waals surface area (Å²) in [4.78, 5) is 7.31. The van der Waals surface area contributed by atoms with Crippen molar-refractivity contribution in [3.8, 4) is 0 Å². The van der Waals surface area contributed by atoms with Crippen LogP contribution in [-0.2, 0) is 13.2 Å². The Morgan fingerprint density at radius 2 is 2.00 bits per heavy atom. The fourth-order valence-electron chi connectivity index (χ4n) is 4.10. The van der Waals surface area contributed by atoms with Crippen LogP contribution in [0.15, 0.2) is 30.9 Å². The number of benzene rings is 1. The fraction of sp³-hybridized carbons (Fsp3) is 0.476. The zero-order valence-electron chi connectivity index (χ0n) is 16.3. The average molecular weight is 446 g/mol. The van der Waals surface area contributed by atoms with Gasteiger partial charge < -0.3 is 0 Å². The number of piperidine rings is 1. The van der Waals surface area contributed by atoms with Crippen molar-refractivity contribution >= 4 is 45.4 Å². The summed E-state index contributed by atoms with van der Waals surface area (Å²) >= 11 is 13.6. The van der Waals surface area contributed by atoms with Crippen LogP contribution in [0.5, 0.6) is 0 Å². The molecule has 1 aliphatic heterocycles. The zero-order chi connectivity index (χ0) is 20.0. The first-order valence-corrected chi connectivity index (χ1v) is 11.8. The summed E-state index contributed by atoms with van der Waals surface area (Å²) < 4.78 is 6.20. The molecule has 0 unspecified atom stereocenters. The number of nitrogens with zero attached hydrogens (tertiary/aromatic N) is 5. The van der Waals surface area contributed by atoms with Gasteiger partial charge in [-0.15, -0.1) is 17.9 Å². The van der Waals surface area contributed by atoms with Gasteiger partial charge in [-0.05, 0) is 56.1 Å². The molecule has 0 bridgehead atoms. The molecule has 5 nitrogen and oxygen atoms in total. The van der Waals surface area contributed by atoms with Crippen LogP contribution in [0, 0.1) is 4.77 Å². The van der Waals surface area contributed by atoms with Gasteiger partial charge in [-0.2, -0.15) is 5.10 Å². The topological polar surface area (TPSA) is 38.9 Å². The van der Waals surface area contributed by atoms with Crippen LogP contribution >= 0.6 is 35.2 Å². The highest BCUT2D eigenvalue weighted by atomic mass is 35.5. The van der Waals surface area contributed by atoms with Gasteiger partial charge in [-0.25, -0.2) is 9.67 Å². The maximum atomic E-state index is 6.11. The van der Waals surface area contributed by atoms with Crippen molar-refractivity contribution < 1.29 is 0 Å². The molecule has 3 aromatic rings. The third-order valence-corrected chi connectivity index (χ3v) is 7.71. The third kappa shape index (κ3) is 3.93. The van der Waals surface area contributed by atoms with Gasteiger partial charge in [0, 0.05) is 36.5 Å². The van der Waals surface area contributed by atoms with E-state index in [2.05, 4.69) is 22.1 Å². The van der Waals surface area contributed by atoms with Crippen LogP contribution in [0.3, 0.4) is 0 Å². The smallest absolute Gasteiger partial charge is 0.199 e. The predicted molar refractivity (Wildman–Crippen MR) is 121 cm³/mol. The van der Waals surface area contributed by atoms with E-state index in [0.29, 0.717) is 11.8 Å². The van der Waals surface area contributed by atoms with Crippen LogP contribution in [0.2, 0.25) is 5.02 Å². The number of aromatic nitrogens is 4. The summed E-state index contributed by atoms with van der Waals surface area (Å²) in [7, 11) is 0. The number of allylic oxidation sites excluding steroid dienone is 1. The van der Waals surface area contributed by atoms with Crippen LogP contribution in [0.25, 0.3) is 10.2 Å². The molecule has 0 spiro atoms. The number of fused-ring (bicyclic) bond motifs is 1. The van der Waals surface area contributed by atoms with Gasteiger partial charge in [-0.3, -0.25) is 9.47 Å². The summed E-state index contributed by atoms with van der Waals surface area (Å²) in [6.07, 6.45) is 6.58. The minimum Gasteiger partial charge on any atom is -0.300 e. The summed E-state index contributed by atoms with van der Waals surface area (Å²) in [6.45, 7) is 7.46. The molecule has 2 aromatic heterocycles. The first kappa shape index (κ1) is 19.4. The molecule has 0 amide bonds. The van der Waals surface area contributed by atoms with Crippen LogP contribution in [-0.4, -0.2) is 37.3 Å². The zero-order valence-corrected chi connectivity index (χ0v) is 18.6. The van der Waals surface area contributed by atoms with E-state index in [1.807, 2.05) is 22.9 Å². The van der Waals surface area contributed by atoms with E-state index in [1.54, 1.807) is 11.3 Å². The van der Waals surface area contributed by atoms with E-state index < -0.39 is 0 Å². The van der Waals surface area contributed by atoms with Crippen molar-refractivity contribution in [3.63, 3.8) is 0 Å². The van der Waals surface area contributed by atoms with Crippen molar-refractivity contribution in [3.05, 3.63) is 51.5 Å². The van der Waals surface area contributed by atoms with E-state index in [0.717, 1.165) is 60.3 Å². The fourth-order valence-corrected chi connectivity index (χ4v) is 5.65. The quantitative estimate of drug-likeness (QED) is 0.367. The van der Waals surface area contributed by atoms with Crippen molar-refractivity contribution in [2.45, 2.75) is 50.7 Å². The number of hydrogen-bond donors (Lipinski definition) is 0. The van der Waals surface area contributed by atoms with Crippen molar-refractivity contribution in [2.75, 3.05) is 13.1 Å². The number of likely N-dealkylation sites (tertiary alicyclic amines) is 1. The molecule has 0 N–H and O–H groups in total. The van der Waals surface area contributed by atoms with E-state index in [9.17, 15) is 0 Å². The van der Waals surface area contributed by atoms with Crippen molar-refractivity contribution in [1.29, 1.82) is 0 Å². The van der Waals surface area contributed by atoms with Gasteiger partial charge in [0.05, 0.1) is 21.9 Å². The van der Waals surface area contributed by atoms with Crippen LogP contribution < -0.4 is 0 Å². The number of thiazole rings is 1. The summed E-state index contributed by atoms with van der Waals surface area (Å²) in [6, 6.07) is 5.98. The lowest BCUT2D eigenvalue weighted by molar-refractivity contribution is 0.160. The molecular formula is C21H24ClN5S2. The highest BCUT2D eigenvalue weighted by Gasteiger charge is 2.30. The Morgan fingerprint density at radius 1 is 1.21 bits per heavy atom. The SMILES string of the molecule is C=CCn1c(C2CC2)nn(CN2CCC(c3nc4cc(Cl)ccc4s3)CC2)c1=S. The Morgan fingerprint density at radius 3 is 2.72 bits per heavy atom. The first-order valence-electron chi connectivity index (χ1n) is 10.2. The van der Waals surface area contributed by atoms with Gasteiger partial charge in [0.2, 0.25) is 0 Å². The Labute approximate surface area is 184 Å². The Balaban J connectivity index is 1.27. The molecule has 152 valence electrons. The van der Waals surface area contributed by atoms with Crippen LogP contribution in [0.1, 0.15) is 48.4 Å². The Bertz CT molecular complexity index is 1100. The molecule has 2 fully saturated rings. The lowest BCUT2D eigenvalue weighted by Gasteiger charge is -2.30. The number of rotatable bonds is 6. The van der Waals surface area contributed by atoms with E-state index in [1.165, 1.54) is 22.5 Å². The third-order valence-electron chi connectivity index (χ3n) is 5.84. The molecule has 1 aliphatic carbocycles. The lowest BCUT2D eigenvalue weighted by atomic mass is 9.98. The molecule has 1 saturated carbocycles. The van der Waals surface area contributed by atoms with Crippen molar-refractivity contribution in [2.24, 2.45) is 0 Å². The molecule has 0 radical (unpaired) electrons. The minimum absolute atomic E-state index is 0.524. The van der Waals surface area contributed by atoms with Gasteiger partial charge in [-0.1, -0.05) is 17.7 Å². The summed E-state index contributed by atoms with van der Waals surface area (Å²) in [5.41, 5.74) is 1.02. The second kappa shape index (κ2) is 7.95. The predicted octanol–water partition coefficient (Wildman–Crippen LogP) is 5.58. The molecule has 1 saturated heterocycles. The van der Waals surface area contributed by atoms with E-state index in [-0.39, 0.29) is 0 Å². The molecule has 3 heterocycles. The second-order valence-electron chi connectivity index (χ2n) is 8.01. The Hall–Kier alpha value is -1.54. The number of halogens is 1. The maximum Gasteiger partial charge on any atom is 0.199 e. The van der Waals surface area contributed by atoms with Gasteiger partial charge >= 0.3 is 0 Å². The van der Waals surface area contributed by atoms with Crippen molar-refractivity contribution in [1.82, 2.24) is 24.2 Å². The lowest BCUT2D eigenvalue weighted by Crippen LogP contribution is -2.35. The first-order chi connectivity index (χ1) is 14.1.